The van der Waals surface area contributed by atoms with E-state index >= 15 is 0 Å². The highest BCUT2D eigenvalue weighted by Gasteiger charge is 2.34. The molecule has 3 nitrogen and oxygen atoms in total. The number of anilines is 2. The fourth-order valence-electron chi connectivity index (χ4n) is 3.53. The van der Waals surface area contributed by atoms with E-state index in [2.05, 4.69) is 13.0 Å². The maximum absolute atomic E-state index is 12.8. The van der Waals surface area contributed by atoms with Crippen LogP contribution in [0.2, 0.25) is 0 Å². The summed E-state index contributed by atoms with van der Waals surface area (Å²) in [5, 5.41) is 0. The topological polar surface area (TPSA) is 46.3 Å². The molecule has 3 heteroatoms. The molecule has 1 fully saturated rings. The Kier molecular flexibility index (Phi) is 3.21. The van der Waals surface area contributed by atoms with Gasteiger partial charge in [-0.05, 0) is 49.3 Å². The molecular weight excluding hydrogens is 236 g/mol. The summed E-state index contributed by atoms with van der Waals surface area (Å²) in [5.41, 5.74) is 8.95. The molecule has 1 saturated carbocycles. The highest BCUT2D eigenvalue weighted by Crippen LogP contribution is 2.36. The van der Waals surface area contributed by atoms with Gasteiger partial charge in [-0.3, -0.25) is 4.79 Å². The minimum atomic E-state index is 0.215. The SMILES string of the molecule is CC1CCCC1C(=O)N1CCCc2ccc(N)cc21. The largest absolute Gasteiger partial charge is 0.399 e. The zero-order chi connectivity index (χ0) is 13.4. The molecule has 0 bridgehead atoms. The zero-order valence-electron chi connectivity index (χ0n) is 11.6. The van der Waals surface area contributed by atoms with Gasteiger partial charge < -0.3 is 10.6 Å². The molecule has 2 unspecified atom stereocenters. The highest BCUT2D eigenvalue weighted by molar-refractivity contribution is 5.97. The second-order valence-electron chi connectivity index (χ2n) is 6.00. The van der Waals surface area contributed by atoms with Gasteiger partial charge >= 0.3 is 0 Å². The number of nitrogens with two attached hydrogens (primary N) is 1. The number of hydrogen-bond acceptors (Lipinski definition) is 2. The third-order valence-electron chi connectivity index (χ3n) is 4.67. The molecule has 1 aromatic rings. The van der Waals surface area contributed by atoms with Crippen LogP contribution in [-0.4, -0.2) is 12.5 Å². The van der Waals surface area contributed by atoms with Crippen molar-refractivity contribution in [1.29, 1.82) is 0 Å². The molecule has 2 N–H and O–H groups in total. The van der Waals surface area contributed by atoms with Crippen LogP contribution in [0.3, 0.4) is 0 Å². The van der Waals surface area contributed by atoms with Crippen molar-refractivity contribution >= 4 is 17.3 Å². The first-order valence-corrected chi connectivity index (χ1v) is 7.36. The average Bonchev–Trinajstić information content (AvgIpc) is 2.83. The Bertz CT molecular complexity index is 498. The van der Waals surface area contributed by atoms with Crippen LogP contribution in [0.25, 0.3) is 0 Å². The van der Waals surface area contributed by atoms with Crippen LogP contribution in [0.5, 0.6) is 0 Å². The standard InChI is InChI=1S/C16H22N2O/c1-11-4-2-6-14(11)16(19)18-9-3-5-12-7-8-13(17)10-15(12)18/h7-8,10-11,14H,2-6,9,17H2,1H3. The Hall–Kier alpha value is -1.51. The van der Waals surface area contributed by atoms with Crippen LogP contribution in [0.15, 0.2) is 18.2 Å². The van der Waals surface area contributed by atoms with Gasteiger partial charge in [-0.2, -0.15) is 0 Å². The van der Waals surface area contributed by atoms with E-state index in [1.54, 1.807) is 0 Å². The molecule has 2 aliphatic rings. The summed E-state index contributed by atoms with van der Waals surface area (Å²) < 4.78 is 0. The summed E-state index contributed by atoms with van der Waals surface area (Å²) >= 11 is 0. The van der Waals surface area contributed by atoms with Gasteiger partial charge in [-0.25, -0.2) is 0 Å². The number of aryl methyl sites for hydroxylation is 1. The van der Waals surface area contributed by atoms with Crippen molar-refractivity contribution in [2.45, 2.75) is 39.0 Å². The van der Waals surface area contributed by atoms with E-state index in [9.17, 15) is 4.79 Å². The summed E-state index contributed by atoms with van der Waals surface area (Å²) in [6, 6.07) is 5.97. The Morgan fingerprint density at radius 1 is 1.32 bits per heavy atom. The third kappa shape index (κ3) is 2.22. The maximum Gasteiger partial charge on any atom is 0.230 e. The fraction of sp³-hybridized carbons (Fsp3) is 0.562. The normalized spacial score (nSPS) is 26.3. The Labute approximate surface area is 114 Å². The molecule has 1 heterocycles. The van der Waals surface area contributed by atoms with E-state index in [-0.39, 0.29) is 5.92 Å². The number of carbonyl (C=O) groups is 1. The van der Waals surface area contributed by atoms with Crippen molar-refractivity contribution in [3.8, 4) is 0 Å². The highest BCUT2D eigenvalue weighted by atomic mass is 16.2. The van der Waals surface area contributed by atoms with Crippen LogP contribution < -0.4 is 10.6 Å². The van der Waals surface area contributed by atoms with E-state index < -0.39 is 0 Å². The van der Waals surface area contributed by atoms with Crippen molar-refractivity contribution in [3.05, 3.63) is 23.8 Å². The summed E-state index contributed by atoms with van der Waals surface area (Å²) in [7, 11) is 0. The second kappa shape index (κ2) is 4.87. The van der Waals surface area contributed by atoms with Gasteiger partial charge in [0.15, 0.2) is 0 Å². The van der Waals surface area contributed by atoms with Gasteiger partial charge in [0.2, 0.25) is 5.91 Å². The number of benzene rings is 1. The lowest BCUT2D eigenvalue weighted by Crippen LogP contribution is -2.40. The Morgan fingerprint density at radius 3 is 2.89 bits per heavy atom. The van der Waals surface area contributed by atoms with Crippen LogP contribution in [0, 0.1) is 11.8 Å². The van der Waals surface area contributed by atoms with Crippen LogP contribution >= 0.6 is 0 Å². The lowest BCUT2D eigenvalue weighted by molar-refractivity contribution is -0.123. The number of nitrogen functional groups attached to an aromatic ring is 1. The summed E-state index contributed by atoms with van der Waals surface area (Å²) in [4.78, 5) is 14.8. The zero-order valence-corrected chi connectivity index (χ0v) is 11.6. The number of rotatable bonds is 1. The smallest absolute Gasteiger partial charge is 0.230 e. The Morgan fingerprint density at radius 2 is 2.16 bits per heavy atom. The molecule has 0 radical (unpaired) electrons. The maximum atomic E-state index is 12.8. The van der Waals surface area contributed by atoms with Crippen LogP contribution in [-0.2, 0) is 11.2 Å². The van der Waals surface area contributed by atoms with Gasteiger partial charge in [0.1, 0.15) is 0 Å². The van der Waals surface area contributed by atoms with Crippen molar-refractivity contribution in [2.75, 3.05) is 17.2 Å². The first-order chi connectivity index (χ1) is 9.16. The van der Waals surface area contributed by atoms with Gasteiger partial charge in [-0.1, -0.05) is 19.4 Å². The summed E-state index contributed by atoms with van der Waals surface area (Å²) in [5.74, 6) is 1.06. The second-order valence-corrected chi connectivity index (χ2v) is 6.00. The van der Waals surface area contributed by atoms with Crippen molar-refractivity contribution < 1.29 is 4.79 Å². The van der Waals surface area contributed by atoms with Crippen LogP contribution in [0.4, 0.5) is 11.4 Å². The number of carbonyl (C=O) groups excluding carboxylic acids is 1. The molecule has 19 heavy (non-hydrogen) atoms. The first kappa shape index (κ1) is 12.5. The van der Waals surface area contributed by atoms with Crippen molar-refractivity contribution in [1.82, 2.24) is 0 Å². The fourth-order valence-corrected chi connectivity index (χ4v) is 3.53. The van der Waals surface area contributed by atoms with Gasteiger partial charge in [-0.15, -0.1) is 0 Å². The van der Waals surface area contributed by atoms with Crippen molar-refractivity contribution in [2.24, 2.45) is 11.8 Å². The Balaban J connectivity index is 1.90. The quantitative estimate of drug-likeness (QED) is 0.787. The molecule has 0 saturated heterocycles. The van der Waals surface area contributed by atoms with E-state index in [1.807, 2.05) is 17.0 Å². The van der Waals surface area contributed by atoms with E-state index in [1.165, 1.54) is 18.4 Å². The van der Waals surface area contributed by atoms with Gasteiger partial charge in [0.05, 0.1) is 0 Å². The number of hydrogen-bond donors (Lipinski definition) is 1. The molecular formula is C16H22N2O. The van der Waals surface area contributed by atoms with E-state index in [0.717, 1.165) is 37.2 Å². The molecule has 0 aromatic heterocycles. The van der Waals surface area contributed by atoms with Crippen LogP contribution in [0.1, 0.15) is 38.2 Å². The molecule has 1 amide bonds. The number of amides is 1. The number of fused-ring (bicyclic) bond motifs is 1. The number of nitrogens with zero attached hydrogens (tertiary/aromatic N) is 1. The first-order valence-electron chi connectivity index (χ1n) is 7.36. The molecule has 102 valence electrons. The van der Waals surface area contributed by atoms with E-state index in [0.29, 0.717) is 11.8 Å². The molecule has 1 aliphatic heterocycles. The third-order valence-corrected chi connectivity index (χ3v) is 4.67. The minimum absolute atomic E-state index is 0.215. The van der Waals surface area contributed by atoms with Crippen molar-refractivity contribution in [3.63, 3.8) is 0 Å². The molecule has 3 rings (SSSR count). The summed E-state index contributed by atoms with van der Waals surface area (Å²) in [6.07, 6.45) is 5.54. The lowest BCUT2D eigenvalue weighted by Gasteiger charge is -2.32. The average molecular weight is 258 g/mol. The monoisotopic (exact) mass is 258 g/mol. The molecule has 0 spiro atoms. The predicted octanol–water partition coefficient (Wildman–Crippen LogP) is 2.98. The van der Waals surface area contributed by atoms with E-state index in [4.69, 9.17) is 5.73 Å². The minimum Gasteiger partial charge on any atom is -0.399 e. The van der Waals surface area contributed by atoms with Gasteiger partial charge in [0.25, 0.3) is 0 Å². The molecule has 1 aromatic carbocycles. The predicted molar refractivity (Wildman–Crippen MR) is 78.0 cm³/mol. The summed E-state index contributed by atoms with van der Waals surface area (Å²) in [6.45, 7) is 3.05. The molecule has 2 atom stereocenters. The lowest BCUT2D eigenvalue weighted by atomic mass is 9.94. The van der Waals surface area contributed by atoms with Gasteiger partial charge in [0, 0.05) is 23.8 Å². The molecule has 1 aliphatic carbocycles.